The zero-order valence-electron chi connectivity index (χ0n) is 9.22. The fourth-order valence-electron chi connectivity index (χ4n) is 1.64. The summed E-state index contributed by atoms with van der Waals surface area (Å²) in [7, 11) is 0. The topological polar surface area (TPSA) is 37.9 Å². The minimum Gasteiger partial charge on any atom is -0.490 e. The van der Waals surface area contributed by atoms with Gasteiger partial charge in [-0.3, -0.25) is 5.10 Å². The van der Waals surface area contributed by atoms with E-state index in [0.29, 0.717) is 10.7 Å². The molecule has 0 radical (unpaired) electrons. The van der Waals surface area contributed by atoms with Crippen LogP contribution in [0.3, 0.4) is 0 Å². The Morgan fingerprint density at radius 2 is 1.94 bits per heavy atom. The van der Waals surface area contributed by atoms with E-state index >= 15 is 0 Å². The zero-order chi connectivity index (χ0) is 11.7. The summed E-state index contributed by atoms with van der Waals surface area (Å²) in [5.41, 5.74) is 2.12. The molecule has 1 aromatic carbocycles. The number of hydrogen-bond acceptors (Lipinski definition) is 3. The summed E-state index contributed by atoms with van der Waals surface area (Å²) in [6.45, 7) is 0. The van der Waals surface area contributed by atoms with E-state index in [1.54, 1.807) is 6.20 Å². The number of nitrogens with one attached hydrogen (secondary N) is 1. The Morgan fingerprint density at radius 1 is 1.18 bits per heavy atom. The number of nitrogens with zero attached hydrogens (tertiary/aromatic N) is 1. The molecule has 17 heavy (non-hydrogen) atoms. The lowest BCUT2D eigenvalue weighted by molar-refractivity contribution is 0.303. The van der Waals surface area contributed by atoms with Crippen molar-refractivity contribution in [2.45, 2.75) is 18.9 Å². The molecule has 1 aromatic heterocycles. The molecule has 0 spiro atoms. The van der Waals surface area contributed by atoms with E-state index in [9.17, 15) is 0 Å². The van der Waals surface area contributed by atoms with Crippen LogP contribution >= 0.6 is 12.2 Å². The van der Waals surface area contributed by atoms with Crippen LogP contribution in [0.5, 0.6) is 5.75 Å². The molecule has 1 N–H and O–H groups in total. The standard InChI is InChI=1S/C13H12N2OS/c17-13-7-10(8-14-15-13)9-1-3-11(4-2-9)16-12-5-6-12/h1-4,7-8,12H,5-6H2,(H,15,17). The van der Waals surface area contributed by atoms with Gasteiger partial charge in [0.15, 0.2) is 0 Å². The summed E-state index contributed by atoms with van der Waals surface area (Å²) < 4.78 is 6.34. The third kappa shape index (κ3) is 2.53. The van der Waals surface area contributed by atoms with Crippen LogP contribution in [0, 0.1) is 4.64 Å². The summed E-state index contributed by atoms with van der Waals surface area (Å²) in [4.78, 5) is 0. The molecule has 1 aliphatic rings. The van der Waals surface area contributed by atoms with Crippen molar-refractivity contribution in [1.82, 2.24) is 10.2 Å². The van der Waals surface area contributed by atoms with Gasteiger partial charge in [-0.05, 0) is 36.6 Å². The molecule has 0 bridgehead atoms. The fourth-order valence-corrected chi connectivity index (χ4v) is 1.82. The molecule has 1 heterocycles. The van der Waals surface area contributed by atoms with E-state index in [0.717, 1.165) is 16.9 Å². The van der Waals surface area contributed by atoms with Gasteiger partial charge in [-0.25, -0.2) is 0 Å². The third-order valence-electron chi connectivity index (χ3n) is 2.68. The summed E-state index contributed by atoms with van der Waals surface area (Å²) in [5.74, 6) is 0.935. The van der Waals surface area contributed by atoms with Crippen LogP contribution in [0.1, 0.15) is 12.8 Å². The van der Waals surface area contributed by atoms with Crippen LogP contribution in [0.25, 0.3) is 11.1 Å². The van der Waals surface area contributed by atoms with Gasteiger partial charge in [-0.2, -0.15) is 5.10 Å². The second-order valence-corrected chi connectivity index (χ2v) is 4.62. The first-order valence-corrected chi connectivity index (χ1v) is 6.04. The van der Waals surface area contributed by atoms with E-state index in [1.165, 1.54) is 12.8 Å². The molecule has 1 saturated carbocycles. The molecule has 1 aliphatic carbocycles. The van der Waals surface area contributed by atoms with Crippen molar-refractivity contribution >= 4 is 12.2 Å². The number of ether oxygens (including phenoxy) is 1. The van der Waals surface area contributed by atoms with Crippen LogP contribution in [0.4, 0.5) is 0 Å². The van der Waals surface area contributed by atoms with Crippen LogP contribution in [0.2, 0.25) is 0 Å². The maximum absolute atomic E-state index is 5.70. The Bertz CT molecular complexity index is 572. The summed E-state index contributed by atoms with van der Waals surface area (Å²) in [6.07, 6.45) is 4.57. The van der Waals surface area contributed by atoms with Crippen molar-refractivity contribution in [2.24, 2.45) is 0 Å². The van der Waals surface area contributed by atoms with E-state index in [-0.39, 0.29) is 0 Å². The van der Waals surface area contributed by atoms with Gasteiger partial charge in [0.1, 0.15) is 10.4 Å². The Morgan fingerprint density at radius 3 is 2.59 bits per heavy atom. The Labute approximate surface area is 104 Å². The van der Waals surface area contributed by atoms with Crippen molar-refractivity contribution in [1.29, 1.82) is 0 Å². The first-order chi connectivity index (χ1) is 8.31. The van der Waals surface area contributed by atoms with Gasteiger partial charge in [0.25, 0.3) is 0 Å². The Kier molecular flexibility index (Phi) is 2.65. The van der Waals surface area contributed by atoms with Gasteiger partial charge in [-0.15, -0.1) is 0 Å². The number of aromatic nitrogens is 2. The zero-order valence-corrected chi connectivity index (χ0v) is 10.0. The highest BCUT2D eigenvalue weighted by atomic mass is 32.1. The lowest BCUT2D eigenvalue weighted by Gasteiger charge is -2.05. The lowest BCUT2D eigenvalue weighted by atomic mass is 10.1. The summed E-state index contributed by atoms with van der Waals surface area (Å²) >= 11 is 5.05. The van der Waals surface area contributed by atoms with Gasteiger partial charge in [0.05, 0.1) is 12.3 Å². The predicted octanol–water partition coefficient (Wildman–Crippen LogP) is 3.35. The van der Waals surface area contributed by atoms with E-state index in [1.807, 2.05) is 30.3 Å². The molecule has 2 aromatic rings. The predicted molar refractivity (Wildman–Crippen MR) is 68.5 cm³/mol. The highest BCUT2D eigenvalue weighted by Gasteiger charge is 2.23. The third-order valence-corrected chi connectivity index (χ3v) is 2.89. The minimum atomic E-state index is 0.438. The molecule has 3 rings (SSSR count). The number of aromatic amines is 1. The fraction of sp³-hybridized carbons (Fsp3) is 0.231. The van der Waals surface area contributed by atoms with Crippen LogP contribution in [0.15, 0.2) is 36.5 Å². The van der Waals surface area contributed by atoms with Crippen molar-refractivity contribution in [3.63, 3.8) is 0 Å². The van der Waals surface area contributed by atoms with Crippen molar-refractivity contribution in [3.8, 4) is 16.9 Å². The molecular weight excluding hydrogens is 232 g/mol. The summed E-state index contributed by atoms with van der Waals surface area (Å²) in [5, 5.41) is 6.71. The molecule has 3 nitrogen and oxygen atoms in total. The summed E-state index contributed by atoms with van der Waals surface area (Å²) in [6, 6.07) is 9.95. The first kappa shape index (κ1) is 10.5. The van der Waals surface area contributed by atoms with Crippen LogP contribution in [-0.2, 0) is 0 Å². The van der Waals surface area contributed by atoms with Gasteiger partial charge in [0, 0.05) is 5.56 Å². The molecule has 0 unspecified atom stereocenters. The maximum atomic E-state index is 5.70. The lowest BCUT2D eigenvalue weighted by Crippen LogP contribution is -1.95. The average molecular weight is 244 g/mol. The van der Waals surface area contributed by atoms with Gasteiger partial charge >= 0.3 is 0 Å². The molecule has 86 valence electrons. The largest absolute Gasteiger partial charge is 0.490 e. The minimum absolute atomic E-state index is 0.438. The molecule has 0 saturated heterocycles. The monoisotopic (exact) mass is 244 g/mol. The van der Waals surface area contributed by atoms with Crippen molar-refractivity contribution in [2.75, 3.05) is 0 Å². The SMILES string of the molecule is S=c1cc(-c2ccc(OC3CC3)cc2)cn[nH]1. The Balaban J connectivity index is 1.85. The maximum Gasteiger partial charge on any atom is 0.120 e. The highest BCUT2D eigenvalue weighted by Crippen LogP contribution is 2.28. The van der Waals surface area contributed by atoms with Gasteiger partial charge in [-0.1, -0.05) is 24.4 Å². The van der Waals surface area contributed by atoms with Crippen molar-refractivity contribution < 1.29 is 4.74 Å². The molecule has 0 atom stereocenters. The molecular formula is C13H12N2OS. The molecule has 0 aliphatic heterocycles. The average Bonchev–Trinajstić information content (AvgIpc) is 3.14. The molecule has 0 amide bonds. The van der Waals surface area contributed by atoms with E-state index in [4.69, 9.17) is 17.0 Å². The smallest absolute Gasteiger partial charge is 0.120 e. The van der Waals surface area contributed by atoms with Gasteiger partial charge < -0.3 is 4.74 Å². The van der Waals surface area contributed by atoms with Crippen LogP contribution < -0.4 is 4.74 Å². The highest BCUT2D eigenvalue weighted by molar-refractivity contribution is 7.71. The van der Waals surface area contributed by atoms with Gasteiger partial charge in [0.2, 0.25) is 0 Å². The quantitative estimate of drug-likeness (QED) is 0.841. The number of rotatable bonds is 3. The number of hydrogen-bond donors (Lipinski definition) is 1. The first-order valence-electron chi connectivity index (χ1n) is 5.63. The Hall–Kier alpha value is -1.68. The van der Waals surface area contributed by atoms with Crippen LogP contribution in [-0.4, -0.2) is 16.3 Å². The van der Waals surface area contributed by atoms with E-state index in [2.05, 4.69) is 10.2 Å². The normalized spacial score (nSPS) is 14.6. The second kappa shape index (κ2) is 4.30. The molecule has 4 heteroatoms. The van der Waals surface area contributed by atoms with E-state index < -0.39 is 0 Å². The van der Waals surface area contributed by atoms with Crippen molar-refractivity contribution in [3.05, 3.63) is 41.2 Å². The molecule has 1 fully saturated rings. The second-order valence-electron chi connectivity index (χ2n) is 4.18. The number of benzene rings is 1. The number of H-pyrrole nitrogens is 1.